The van der Waals surface area contributed by atoms with E-state index in [2.05, 4.69) is 5.32 Å². The fourth-order valence-corrected chi connectivity index (χ4v) is 3.43. The molecular formula is C24H20N2O3S. The summed E-state index contributed by atoms with van der Waals surface area (Å²) in [5.74, 6) is 1.11. The molecule has 150 valence electrons. The highest BCUT2D eigenvalue weighted by Gasteiger charge is 2.33. The van der Waals surface area contributed by atoms with Crippen molar-refractivity contribution in [3.8, 4) is 11.5 Å². The third-order valence-corrected chi connectivity index (χ3v) is 4.93. The Morgan fingerprint density at radius 2 is 1.67 bits per heavy atom. The van der Waals surface area contributed by atoms with E-state index >= 15 is 0 Å². The Labute approximate surface area is 180 Å². The normalized spacial score (nSPS) is 14.7. The Morgan fingerprint density at radius 1 is 0.967 bits per heavy atom. The van der Waals surface area contributed by atoms with Gasteiger partial charge in [-0.05, 0) is 53.7 Å². The molecule has 30 heavy (non-hydrogen) atoms. The number of ether oxygens (including phenoxy) is 2. The Hall–Kier alpha value is -3.64. The van der Waals surface area contributed by atoms with Gasteiger partial charge in [-0.1, -0.05) is 54.6 Å². The Balaban J connectivity index is 1.48. The summed E-state index contributed by atoms with van der Waals surface area (Å²) in [5, 5.41) is 3.31. The van der Waals surface area contributed by atoms with Crippen LogP contribution in [-0.4, -0.2) is 18.1 Å². The van der Waals surface area contributed by atoms with Crippen LogP contribution in [0.4, 0.5) is 5.69 Å². The van der Waals surface area contributed by atoms with Gasteiger partial charge in [-0.25, -0.2) is 4.90 Å². The Bertz CT molecular complexity index is 1090. The molecule has 0 spiro atoms. The predicted molar refractivity (Wildman–Crippen MR) is 121 cm³/mol. The average Bonchev–Trinajstić information content (AvgIpc) is 3.06. The summed E-state index contributed by atoms with van der Waals surface area (Å²) >= 11 is 5.38. The number of hydrogen-bond donors (Lipinski definition) is 1. The molecule has 0 radical (unpaired) electrons. The van der Waals surface area contributed by atoms with Crippen LogP contribution in [0.3, 0.4) is 0 Å². The van der Waals surface area contributed by atoms with Gasteiger partial charge in [-0.15, -0.1) is 0 Å². The largest absolute Gasteiger partial charge is 0.495 e. The van der Waals surface area contributed by atoms with Crippen LogP contribution in [0.15, 0.2) is 84.6 Å². The van der Waals surface area contributed by atoms with E-state index in [1.54, 1.807) is 25.3 Å². The van der Waals surface area contributed by atoms with E-state index < -0.39 is 0 Å². The first-order valence-corrected chi connectivity index (χ1v) is 9.83. The highest BCUT2D eigenvalue weighted by Crippen LogP contribution is 2.31. The number of nitrogens with zero attached hydrogens (tertiary/aromatic N) is 1. The number of hydrogen-bond acceptors (Lipinski definition) is 4. The van der Waals surface area contributed by atoms with E-state index in [9.17, 15) is 4.79 Å². The lowest BCUT2D eigenvalue weighted by Gasteiger charge is -2.17. The molecule has 3 aromatic rings. The van der Waals surface area contributed by atoms with Gasteiger partial charge in [-0.3, -0.25) is 4.79 Å². The van der Waals surface area contributed by atoms with Crippen molar-refractivity contribution < 1.29 is 14.3 Å². The summed E-state index contributed by atoms with van der Waals surface area (Å²) in [5.41, 5.74) is 2.98. The summed E-state index contributed by atoms with van der Waals surface area (Å²) in [4.78, 5) is 14.4. The second-order valence-electron chi connectivity index (χ2n) is 6.64. The highest BCUT2D eigenvalue weighted by molar-refractivity contribution is 7.80. The second-order valence-corrected chi connectivity index (χ2v) is 7.03. The quantitative estimate of drug-likeness (QED) is 0.472. The molecule has 0 atom stereocenters. The molecule has 1 aliphatic heterocycles. The molecule has 6 heteroatoms. The lowest BCUT2D eigenvalue weighted by Crippen LogP contribution is -2.30. The van der Waals surface area contributed by atoms with Gasteiger partial charge in [0.2, 0.25) is 0 Å². The van der Waals surface area contributed by atoms with Crippen LogP contribution < -0.4 is 19.7 Å². The molecule has 1 amide bonds. The molecule has 1 saturated heterocycles. The maximum absolute atomic E-state index is 12.9. The third-order valence-electron chi connectivity index (χ3n) is 4.64. The summed E-state index contributed by atoms with van der Waals surface area (Å²) in [6.45, 7) is 0.503. The minimum atomic E-state index is -0.228. The molecule has 1 fully saturated rings. The van der Waals surface area contributed by atoms with Gasteiger partial charge in [0.15, 0.2) is 5.11 Å². The van der Waals surface area contributed by atoms with Crippen LogP contribution in [0, 0.1) is 0 Å². The number of carbonyl (C=O) groups excluding carboxylic acids is 1. The molecule has 0 bridgehead atoms. The Morgan fingerprint density at radius 3 is 2.40 bits per heavy atom. The van der Waals surface area contributed by atoms with E-state index in [0.717, 1.165) is 16.9 Å². The van der Waals surface area contributed by atoms with E-state index in [0.29, 0.717) is 28.9 Å². The van der Waals surface area contributed by atoms with Crippen LogP contribution in [-0.2, 0) is 11.4 Å². The minimum absolute atomic E-state index is 0.228. The number of carbonyl (C=O) groups is 1. The van der Waals surface area contributed by atoms with Gasteiger partial charge in [0.1, 0.15) is 23.8 Å². The first-order valence-electron chi connectivity index (χ1n) is 9.42. The van der Waals surface area contributed by atoms with Gasteiger partial charge in [-0.2, -0.15) is 0 Å². The summed E-state index contributed by atoms with van der Waals surface area (Å²) in [7, 11) is 1.56. The fourth-order valence-electron chi connectivity index (χ4n) is 3.14. The average molecular weight is 417 g/mol. The van der Waals surface area contributed by atoms with Gasteiger partial charge in [0.05, 0.1) is 12.8 Å². The monoisotopic (exact) mass is 416 g/mol. The number of thiocarbonyl (C=S) groups is 1. The van der Waals surface area contributed by atoms with E-state index in [4.69, 9.17) is 21.7 Å². The first kappa shape index (κ1) is 19.7. The number of nitrogens with one attached hydrogen (secondary N) is 1. The van der Waals surface area contributed by atoms with Crippen molar-refractivity contribution in [3.63, 3.8) is 0 Å². The molecule has 0 unspecified atom stereocenters. The van der Waals surface area contributed by atoms with Gasteiger partial charge >= 0.3 is 0 Å². The SMILES string of the molecule is COc1ccccc1N1C(=O)/C(=C\c2ccc(OCc3ccccc3)cc2)NC1=S. The zero-order valence-corrected chi connectivity index (χ0v) is 17.2. The third kappa shape index (κ3) is 4.18. The van der Waals surface area contributed by atoms with Crippen LogP contribution in [0.2, 0.25) is 0 Å². The highest BCUT2D eigenvalue weighted by atomic mass is 32.1. The van der Waals surface area contributed by atoms with Crippen molar-refractivity contribution in [1.82, 2.24) is 5.32 Å². The van der Waals surface area contributed by atoms with Crippen molar-refractivity contribution in [1.29, 1.82) is 0 Å². The molecule has 3 aromatic carbocycles. The maximum Gasteiger partial charge on any atom is 0.281 e. The van der Waals surface area contributed by atoms with Crippen molar-refractivity contribution in [2.45, 2.75) is 6.61 Å². The number of para-hydroxylation sites is 2. The maximum atomic E-state index is 12.9. The number of amides is 1. The molecule has 1 aliphatic rings. The summed E-state index contributed by atoms with van der Waals surface area (Å²) in [6, 6.07) is 24.8. The van der Waals surface area contributed by atoms with E-state index in [1.807, 2.05) is 66.7 Å². The van der Waals surface area contributed by atoms with Crippen LogP contribution in [0.1, 0.15) is 11.1 Å². The number of benzene rings is 3. The molecule has 0 aliphatic carbocycles. The van der Waals surface area contributed by atoms with E-state index in [1.165, 1.54) is 4.90 Å². The number of rotatable bonds is 6. The van der Waals surface area contributed by atoms with E-state index in [-0.39, 0.29) is 5.91 Å². The molecular weight excluding hydrogens is 396 g/mol. The zero-order valence-electron chi connectivity index (χ0n) is 16.4. The van der Waals surface area contributed by atoms with Crippen LogP contribution in [0.25, 0.3) is 6.08 Å². The van der Waals surface area contributed by atoms with Crippen LogP contribution in [0.5, 0.6) is 11.5 Å². The van der Waals surface area contributed by atoms with Gasteiger partial charge in [0, 0.05) is 0 Å². The molecule has 1 N–H and O–H groups in total. The molecule has 5 nitrogen and oxygen atoms in total. The minimum Gasteiger partial charge on any atom is -0.495 e. The lowest BCUT2D eigenvalue weighted by molar-refractivity contribution is -0.113. The van der Waals surface area contributed by atoms with Gasteiger partial charge < -0.3 is 14.8 Å². The predicted octanol–water partition coefficient (Wildman–Crippen LogP) is 4.54. The van der Waals surface area contributed by atoms with Crippen molar-refractivity contribution in [2.75, 3.05) is 12.0 Å². The van der Waals surface area contributed by atoms with Crippen molar-refractivity contribution in [3.05, 3.63) is 95.7 Å². The first-order chi connectivity index (χ1) is 14.7. The Kier molecular flexibility index (Phi) is 5.77. The smallest absolute Gasteiger partial charge is 0.281 e. The van der Waals surface area contributed by atoms with Gasteiger partial charge in [0.25, 0.3) is 5.91 Å². The lowest BCUT2D eigenvalue weighted by atomic mass is 10.1. The molecule has 4 rings (SSSR count). The van der Waals surface area contributed by atoms with Crippen LogP contribution >= 0.6 is 12.2 Å². The van der Waals surface area contributed by atoms with Crippen molar-refractivity contribution in [2.24, 2.45) is 0 Å². The summed E-state index contributed by atoms with van der Waals surface area (Å²) < 4.78 is 11.2. The zero-order chi connectivity index (χ0) is 20.9. The summed E-state index contributed by atoms with van der Waals surface area (Å²) in [6.07, 6.45) is 1.77. The second kappa shape index (κ2) is 8.80. The standard InChI is InChI=1S/C24H20N2O3S/c1-28-22-10-6-5-9-21(22)26-23(27)20(25-24(26)30)15-17-11-13-19(14-12-17)29-16-18-7-3-2-4-8-18/h2-15H,16H2,1H3,(H,25,30)/b20-15+. The van der Waals surface area contributed by atoms with Crippen molar-refractivity contribution >= 4 is 35.0 Å². The molecule has 0 aromatic heterocycles. The fraction of sp³-hybridized carbons (Fsp3) is 0.0833. The number of methoxy groups -OCH3 is 1. The molecule has 0 saturated carbocycles. The number of anilines is 1. The topological polar surface area (TPSA) is 50.8 Å². The molecule has 1 heterocycles.